The van der Waals surface area contributed by atoms with Crippen molar-refractivity contribution < 1.29 is 4.39 Å². The van der Waals surface area contributed by atoms with Crippen molar-refractivity contribution in [3.63, 3.8) is 0 Å². The van der Waals surface area contributed by atoms with Crippen molar-refractivity contribution in [2.24, 2.45) is 5.73 Å². The number of benzene rings is 1. The number of halogens is 1. The zero-order valence-electron chi connectivity index (χ0n) is 18.1. The minimum absolute atomic E-state index is 0.145. The predicted molar refractivity (Wildman–Crippen MR) is 118 cm³/mol. The van der Waals surface area contributed by atoms with Gasteiger partial charge in [-0.3, -0.25) is 0 Å². The van der Waals surface area contributed by atoms with Crippen LogP contribution in [-0.4, -0.2) is 52.8 Å². The van der Waals surface area contributed by atoms with Crippen molar-refractivity contribution >= 4 is 22.4 Å². The van der Waals surface area contributed by atoms with Crippen molar-refractivity contribution in [1.82, 2.24) is 20.1 Å². The van der Waals surface area contributed by atoms with Crippen LogP contribution < -0.4 is 16.0 Å². The fourth-order valence-corrected chi connectivity index (χ4v) is 3.87. The first kappa shape index (κ1) is 20.4. The summed E-state index contributed by atoms with van der Waals surface area (Å²) in [7, 11) is 4.20. The van der Waals surface area contributed by atoms with Crippen molar-refractivity contribution in [2.75, 3.05) is 37.4 Å². The number of hydrogen-bond acceptors (Lipinski definition) is 7. The molecule has 1 fully saturated rings. The number of nitrogens with zero attached hydrogens (tertiary/aromatic N) is 5. The minimum atomic E-state index is -0.538. The molecule has 1 aliphatic rings. The largest absolute Gasteiger partial charge is 0.353 e. The van der Waals surface area contributed by atoms with Gasteiger partial charge in [0.25, 0.3) is 0 Å². The Hall–Kier alpha value is -2.84. The van der Waals surface area contributed by atoms with Gasteiger partial charge in [-0.1, -0.05) is 6.07 Å². The standard InChI is InChI=1S/C22H28FN7/c1-13-8-15(23)6-7-16(13)20(24)26-21-17-9-19(25-10-18(17)14(2)27-28-21)30-11-22(3,12-30)29(4)5/h6-10,20H,11-12,24H2,1-5H3,(H,26,28)/t20-/m0/s1. The van der Waals surface area contributed by atoms with E-state index in [1.165, 1.54) is 12.1 Å². The topological polar surface area (TPSA) is 83.2 Å². The number of fused-ring (bicyclic) bond motifs is 1. The molecule has 3 aromatic rings. The first-order chi connectivity index (χ1) is 14.2. The summed E-state index contributed by atoms with van der Waals surface area (Å²) in [5.74, 6) is 1.22. The van der Waals surface area contributed by atoms with E-state index in [9.17, 15) is 4.39 Å². The summed E-state index contributed by atoms with van der Waals surface area (Å²) in [6.07, 6.45) is 1.31. The van der Waals surface area contributed by atoms with Gasteiger partial charge < -0.3 is 20.9 Å². The molecule has 0 amide bonds. The number of pyridine rings is 1. The van der Waals surface area contributed by atoms with Crippen LogP contribution in [0.25, 0.3) is 10.8 Å². The van der Waals surface area contributed by atoms with Crippen LogP contribution in [0.5, 0.6) is 0 Å². The van der Waals surface area contributed by atoms with E-state index < -0.39 is 6.17 Å². The van der Waals surface area contributed by atoms with E-state index in [4.69, 9.17) is 5.73 Å². The van der Waals surface area contributed by atoms with E-state index in [0.717, 1.165) is 46.5 Å². The van der Waals surface area contributed by atoms with E-state index >= 15 is 0 Å². The summed E-state index contributed by atoms with van der Waals surface area (Å²) in [6.45, 7) is 7.82. The minimum Gasteiger partial charge on any atom is -0.353 e. The van der Waals surface area contributed by atoms with Gasteiger partial charge in [0.2, 0.25) is 0 Å². The molecule has 1 atom stereocenters. The lowest BCUT2D eigenvalue weighted by atomic mass is 9.91. The molecule has 0 saturated carbocycles. The lowest BCUT2D eigenvalue weighted by molar-refractivity contribution is 0.132. The van der Waals surface area contributed by atoms with Gasteiger partial charge in [0.1, 0.15) is 17.8 Å². The van der Waals surface area contributed by atoms with Gasteiger partial charge in [-0.15, -0.1) is 5.10 Å². The van der Waals surface area contributed by atoms with Gasteiger partial charge in [-0.25, -0.2) is 9.37 Å². The molecule has 158 valence electrons. The second kappa shape index (κ2) is 7.45. The zero-order chi connectivity index (χ0) is 21.6. The number of rotatable bonds is 5. The monoisotopic (exact) mass is 409 g/mol. The second-order valence-electron chi connectivity index (χ2n) is 8.59. The first-order valence-electron chi connectivity index (χ1n) is 10.0. The third-order valence-electron chi connectivity index (χ3n) is 6.16. The highest BCUT2D eigenvalue weighted by Crippen LogP contribution is 2.33. The number of nitrogens with two attached hydrogens (primary N) is 1. The summed E-state index contributed by atoms with van der Waals surface area (Å²) in [6, 6.07) is 6.62. The van der Waals surface area contributed by atoms with Crippen LogP contribution in [0.2, 0.25) is 0 Å². The molecule has 7 nitrogen and oxygen atoms in total. The number of nitrogens with one attached hydrogen (secondary N) is 1. The van der Waals surface area contributed by atoms with Crippen LogP contribution in [0, 0.1) is 19.7 Å². The summed E-state index contributed by atoms with van der Waals surface area (Å²) in [4.78, 5) is 9.16. The molecule has 4 rings (SSSR count). The van der Waals surface area contributed by atoms with Crippen molar-refractivity contribution in [1.29, 1.82) is 0 Å². The highest BCUT2D eigenvalue weighted by molar-refractivity contribution is 5.94. The molecule has 1 aromatic carbocycles. The van der Waals surface area contributed by atoms with Crippen molar-refractivity contribution in [3.8, 4) is 0 Å². The Balaban J connectivity index is 1.66. The van der Waals surface area contributed by atoms with Gasteiger partial charge in [-0.05, 0) is 64.2 Å². The Kier molecular flexibility index (Phi) is 5.07. The van der Waals surface area contributed by atoms with E-state index in [1.807, 2.05) is 26.1 Å². The molecule has 2 aromatic heterocycles. The average Bonchev–Trinajstić information content (AvgIpc) is 2.67. The third kappa shape index (κ3) is 3.57. The molecular formula is C22H28FN7. The van der Waals surface area contributed by atoms with Crippen LogP contribution in [0.3, 0.4) is 0 Å². The number of anilines is 2. The average molecular weight is 410 g/mol. The first-order valence-corrected chi connectivity index (χ1v) is 10.0. The SMILES string of the molecule is Cc1cc(F)ccc1[C@@H](N)Nc1nnc(C)c2cnc(N3CC(C)(N(C)C)C3)cc12. The fourth-order valence-electron chi connectivity index (χ4n) is 3.87. The van der Waals surface area contributed by atoms with Crippen LogP contribution in [0.4, 0.5) is 16.0 Å². The van der Waals surface area contributed by atoms with Gasteiger partial charge >= 0.3 is 0 Å². The molecule has 1 aliphatic heterocycles. The maximum atomic E-state index is 13.5. The highest BCUT2D eigenvalue weighted by atomic mass is 19.1. The molecule has 0 aliphatic carbocycles. The Morgan fingerprint density at radius 2 is 1.90 bits per heavy atom. The molecule has 8 heteroatoms. The van der Waals surface area contributed by atoms with Crippen molar-refractivity contribution in [2.45, 2.75) is 32.5 Å². The van der Waals surface area contributed by atoms with Gasteiger partial charge in [0, 0.05) is 30.1 Å². The summed E-state index contributed by atoms with van der Waals surface area (Å²) >= 11 is 0. The maximum Gasteiger partial charge on any atom is 0.158 e. The molecule has 0 radical (unpaired) electrons. The molecule has 0 spiro atoms. The highest BCUT2D eigenvalue weighted by Gasteiger charge is 2.41. The summed E-state index contributed by atoms with van der Waals surface area (Å²) in [5.41, 5.74) is 8.93. The maximum absolute atomic E-state index is 13.5. The van der Waals surface area contributed by atoms with E-state index in [-0.39, 0.29) is 11.4 Å². The predicted octanol–water partition coefficient (Wildman–Crippen LogP) is 2.99. The van der Waals surface area contributed by atoms with Gasteiger partial charge in [0.15, 0.2) is 5.82 Å². The molecule has 0 unspecified atom stereocenters. The Labute approximate surface area is 176 Å². The van der Waals surface area contributed by atoms with E-state index in [2.05, 4.69) is 51.3 Å². The third-order valence-corrected chi connectivity index (χ3v) is 6.16. The molecular weight excluding hydrogens is 381 g/mol. The van der Waals surface area contributed by atoms with Gasteiger partial charge in [-0.2, -0.15) is 5.10 Å². The smallest absolute Gasteiger partial charge is 0.158 e. The molecule has 3 heterocycles. The number of aromatic nitrogens is 3. The Morgan fingerprint density at radius 3 is 2.57 bits per heavy atom. The fraction of sp³-hybridized carbons (Fsp3) is 0.409. The zero-order valence-corrected chi connectivity index (χ0v) is 18.1. The molecule has 0 bridgehead atoms. The van der Waals surface area contributed by atoms with Crippen molar-refractivity contribution in [3.05, 3.63) is 53.1 Å². The molecule has 1 saturated heterocycles. The van der Waals surface area contributed by atoms with Crippen LogP contribution in [0.1, 0.15) is 29.9 Å². The normalized spacial score (nSPS) is 16.6. The quantitative estimate of drug-likeness (QED) is 0.627. The molecule has 3 N–H and O–H groups in total. The Morgan fingerprint density at radius 1 is 1.17 bits per heavy atom. The van der Waals surface area contributed by atoms with Gasteiger partial charge in [0.05, 0.1) is 11.2 Å². The number of likely N-dealkylation sites (N-methyl/N-ethyl adjacent to an activating group) is 1. The second-order valence-corrected chi connectivity index (χ2v) is 8.59. The summed E-state index contributed by atoms with van der Waals surface area (Å²) < 4.78 is 13.5. The molecule has 30 heavy (non-hydrogen) atoms. The number of hydrogen-bond donors (Lipinski definition) is 2. The van der Waals surface area contributed by atoms with E-state index in [0.29, 0.717) is 5.82 Å². The lowest BCUT2D eigenvalue weighted by Gasteiger charge is -2.52. The number of aryl methyl sites for hydroxylation is 2. The lowest BCUT2D eigenvalue weighted by Crippen LogP contribution is -2.67. The van der Waals surface area contributed by atoms with Crippen LogP contribution in [0.15, 0.2) is 30.5 Å². The summed E-state index contributed by atoms with van der Waals surface area (Å²) in [5, 5.41) is 13.7. The Bertz CT molecular complexity index is 1090. The van der Waals surface area contributed by atoms with Crippen LogP contribution >= 0.6 is 0 Å². The van der Waals surface area contributed by atoms with E-state index in [1.54, 1.807) is 6.07 Å². The van der Waals surface area contributed by atoms with Crippen LogP contribution in [-0.2, 0) is 0 Å².